The van der Waals surface area contributed by atoms with Crippen molar-refractivity contribution >= 4 is 23.0 Å². The van der Waals surface area contributed by atoms with Crippen LogP contribution in [-0.4, -0.2) is 6.04 Å². The fourth-order valence-electron chi connectivity index (χ4n) is 10.8. The molecule has 5 unspecified atom stereocenters. The van der Waals surface area contributed by atoms with Gasteiger partial charge in [0.25, 0.3) is 0 Å². The summed E-state index contributed by atoms with van der Waals surface area (Å²) in [6.45, 7) is 2.41. The summed E-state index contributed by atoms with van der Waals surface area (Å²) in [7, 11) is 0. The largest absolute Gasteiger partial charge is 0.334 e. The number of rotatable bonds is 11. The number of nitrogens with zero attached hydrogens (tertiary/aromatic N) is 1. The number of hydrogen-bond acceptors (Lipinski definition) is 1. The lowest BCUT2D eigenvalue weighted by molar-refractivity contribution is 0.589. The Balaban J connectivity index is 0.786. The minimum atomic E-state index is 0.232. The van der Waals surface area contributed by atoms with Crippen molar-refractivity contribution in [3.8, 4) is 22.3 Å². The number of hydrogen-bond donors (Lipinski definition) is 0. The summed E-state index contributed by atoms with van der Waals surface area (Å²) in [5, 5.41) is 0. The highest BCUT2D eigenvalue weighted by atomic mass is 15.2. The predicted molar refractivity (Wildman–Crippen MR) is 280 cm³/mol. The number of anilines is 2. The molecule has 0 bridgehead atoms. The van der Waals surface area contributed by atoms with Crippen molar-refractivity contribution < 1.29 is 0 Å². The van der Waals surface area contributed by atoms with Gasteiger partial charge in [-0.25, -0.2) is 0 Å². The molecule has 1 nitrogen and oxygen atoms in total. The van der Waals surface area contributed by atoms with Gasteiger partial charge in [-0.2, -0.15) is 0 Å². The standard InChI is InChI=1S/C65H55N/c1-46(57-37-30-47-14-8-10-18-58(47)44-57)65(55-16-4-2-5-17-55)56-35-28-51(29-36-56)49-24-31-53(32-25-49)63-22-12-13-23-64(63)54-33-26-50(27-34-54)52-38-41-61(42-39-52)66(60-20-6-3-7-21-60)62-43-40-48-15-9-11-19-59(48)45-62/h2-24,26-29,31-44,46-47,49,62,65H,25,30,45H2,1H3. The van der Waals surface area contributed by atoms with E-state index in [2.05, 4.69) is 261 Å². The molecule has 0 aliphatic heterocycles. The molecule has 66 heavy (non-hydrogen) atoms. The van der Waals surface area contributed by atoms with Crippen LogP contribution in [0.3, 0.4) is 0 Å². The summed E-state index contributed by atoms with van der Waals surface area (Å²) in [5.41, 5.74) is 19.6. The van der Waals surface area contributed by atoms with Gasteiger partial charge >= 0.3 is 0 Å². The Labute approximate surface area is 391 Å². The van der Waals surface area contributed by atoms with E-state index in [-0.39, 0.29) is 12.0 Å². The van der Waals surface area contributed by atoms with E-state index in [1.54, 1.807) is 0 Å². The maximum atomic E-state index is 2.48. The maximum absolute atomic E-state index is 2.48. The van der Waals surface area contributed by atoms with Gasteiger partial charge in [-0.1, -0.05) is 231 Å². The average molecular weight is 850 g/mol. The average Bonchev–Trinajstić information content (AvgIpc) is 3.40. The molecule has 320 valence electrons. The van der Waals surface area contributed by atoms with Crippen LogP contribution < -0.4 is 4.90 Å². The zero-order valence-corrected chi connectivity index (χ0v) is 37.6. The van der Waals surface area contributed by atoms with Gasteiger partial charge < -0.3 is 4.90 Å². The van der Waals surface area contributed by atoms with E-state index in [1.807, 2.05) is 0 Å². The third-order valence-electron chi connectivity index (χ3n) is 14.4. The summed E-state index contributed by atoms with van der Waals surface area (Å²) < 4.78 is 0. The monoisotopic (exact) mass is 849 g/mol. The third-order valence-corrected chi connectivity index (χ3v) is 14.4. The van der Waals surface area contributed by atoms with Crippen LogP contribution in [0.2, 0.25) is 0 Å². The molecule has 0 amide bonds. The lowest BCUT2D eigenvalue weighted by atomic mass is 9.74. The number of allylic oxidation sites excluding steroid dienone is 12. The van der Waals surface area contributed by atoms with Crippen LogP contribution in [0.15, 0.2) is 254 Å². The molecule has 0 aromatic heterocycles. The summed E-state index contributed by atoms with van der Waals surface area (Å²) in [6.07, 6.45) is 28.8. The van der Waals surface area contributed by atoms with Gasteiger partial charge in [0.15, 0.2) is 0 Å². The molecule has 1 heteroatoms. The Morgan fingerprint density at radius 2 is 1.12 bits per heavy atom. The first-order chi connectivity index (χ1) is 32.6. The molecule has 0 heterocycles. The molecule has 11 rings (SSSR count). The Kier molecular flexibility index (Phi) is 11.6. The fourth-order valence-corrected chi connectivity index (χ4v) is 10.8. The lowest BCUT2D eigenvalue weighted by Gasteiger charge is -2.34. The van der Waals surface area contributed by atoms with Crippen molar-refractivity contribution in [2.45, 2.75) is 44.1 Å². The summed E-state index contributed by atoms with van der Waals surface area (Å²) in [4.78, 5) is 2.47. The van der Waals surface area contributed by atoms with Gasteiger partial charge in [-0.3, -0.25) is 0 Å². The lowest BCUT2D eigenvalue weighted by Crippen LogP contribution is -2.32. The Morgan fingerprint density at radius 1 is 0.485 bits per heavy atom. The second-order valence-corrected chi connectivity index (χ2v) is 18.3. The predicted octanol–water partition coefficient (Wildman–Crippen LogP) is 16.7. The van der Waals surface area contributed by atoms with Crippen LogP contribution in [0.4, 0.5) is 11.4 Å². The number of para-hydroxylation sites is 1. The highest BCUT2D eigenvalue weighted by Gasteiger charge is 2.27. The number of fused-ring (bicyclic) bond motifs is 2. The topological polar surface area (TPSA) is 3.24 Å². The highest BCUT2D eigenvalue weighted by Crippen LogP contribution is 2.42. The van der Waals surface area contributed by atoms with Crippen molar-refractivity contribution in [2.24, 2.45) is 11.8 Å². The van der Waals surface area contributed by atoms with Crippen molar-refractivity contribution in [1.82, 2.24) is 0 Å². The fraction of sp³-hybridized carbons (Fsp3) is 0.138. The molecule has 0 spiro atoms. The van der Waals surface area contributed by atoms with Gasteiger partial charge in [-0.05, 0) is 122 Å². The van der Waals surface area contributed by atoms with Crippen LogP contribution in [0, 0.1) is 11.8 Å². The van der Waals surface area contributed by atoms with Crippen LogP contribution in [-0.2, 0) is 6.42 Å². The molecule has 0 saturated heterocycles. The quantitative estimate of drug-likeness (QED) is 0.125. The van der Waals surface area contributed by atoms with Gasteiger partial charge in [0.1, 0.15) is 0 Å². The molecule has 4 aliphatic carbocycles. The molecule has 0 fully saturated rings. The van der Waals surface area contributed by atoms with Gasteiger partial charge in [0, 0.05) is 29.1 Å². The Hall–Kier alpha value is -7.48. The zero-order chi connectivity index (χ0) is 44.2. The molecule has 0 saturated carbocycles. The second-order valence-electron chi connectivity index (χ2n) is 18.3. The van der Waals surface area contributed by atoms with Crippen molar-refractivity contribution in [3.05, 3.63) is 287 Å². The summed E-state index contributed by atoms with van der Waals surface area (Å²) in [5.74, 6) is 1.49. The summed E-state index contributed by atoms with van der Waals surface area (Å²) in [6, 6.07) is 67.5. The highest BCUT2D eigenvalue weighted by molar-refractivity contribution is 5.87. The molecule has 0 radical (unpaired) electrons. The molecular weight excluding hydrogens is 795 g/mol. The van der Waals surface area contributed by atoms with Crippen LogP contribution in [0.5, 0.6) is 0 Å². The maximum Gasteiger partial charge on any atom is 0.0566 e. The van der Waals surface area contributed by atoms with E-state index in [1.165, 1.54) is 83.7 Å². The Morgan fingerprint density at radius 3 is 1.88 bits per heavy atom. The van der Waals surface area contributed by atoms with Crippen molar-refractivity contribution in [3.63, 3.8) is 0 Å². The van der Waals surface area contributed by atoms with E-state index in [0.717, 1.165) is 19.3 Å². The smallest absolute Gasteiger partial charge is 0.0566 e. The summed E-state index contributed by atoms with van der Waals surface area (Å²) >= 11 is 0. The van der Waals surface area contributed by atoms with Gasteiger partial charge in [-0.15, -0.1) is 0 Å². The normalized spacial score (nSPS) is 19.2. The molecule has 7 aromatic rings. The van der Waals surface area contributed by atoms with Crippen LogP contribution in [0.25, 0.3) is 33.9 Å². The number of benzene rings is 7. The first-order valence-electron chi connectivity index (χ1n) is 23.8. The van der Waals surface area contributed by atoms with Gasteiger partial charge in [0.2, 0.25) is 0 Å². The van der Waals surface area contributed by atoms with Crippen molar-refractivity contribution in [1.29, 1.82) is 0 Å². The SMILES string of the molecule is CC(C1=CCC2C=CC=CC2=C1)C(c1ccccc1)c1ccc(C2C=CC(c3ccccc3-c3ccc(-c4ccc(N(c5ccccc5)C5C=Cc6ccccc6C5)cc4)cc3)=CC2)cc1. The van der Waals surface area contributed by atoms with E-state index >= 15 is 0 Å². The van der Waals surface area contributed by atoms with E-state index in [0.29, 0.717) is 17.8 Å². The zero-order valence-electron chi connectivity index (χ0n) is 37.6. The van der Waals surface area contributed by atoms with E-state index in [4.69, 9.17) is 0 Å². The van der Waals surface area contributed by atoms with Crippen LogP contribution >= 0.6 is 0 Å². The molecule has 7 aromatic carbocycles. The third kappa shape index (κ3) is 8.46. The van der Waals surface area contributed by atoms with E-state index in [9.17, 15) is 0 Å². The molecule has 5 atom stereocenters. The van der Waals surface area contributed by atoms with Crippen molar-refractivity contribution in [2.75, 3.05) is 4.90 Å². The van der Waals surface area contributed by atoms with Crippen LogP contribution in [0.1, 0.15) is 65.0 Å². The first-order valence-corrected chi connectivity index (χ1v) is 23.8. The second kappa shape index (κ2) is 18.6. The van der Waals surface area contributed by atoms with E-state index < -0.39 is 0 Å². The minimum Gasteiger partial charge on any atom is -0.334 e. The first kappa shape index (κ1) is 41.2. The van der Waals surface area contributed by atoms with Gasteiger partial charge in [0.05, 0.1) is 6.04 Å². The Bertz CT molecular complexity index is 3050. The molecule has 0 N–H and O–H groups in total. The molecule has 4 aliphatic rings. The molecular formula is C65H55N. The minimum absolute atomic E-state index is 0.232.